The third-order valence-corrected chi connectivity index (χ3v) is 3.54. The second-order valence-corrected chi connectivity index (χ2v) is 6.15. The number of nitrogens with one attached hydrogen (secondary N) is 2. The molecule has 2 rings (SSSR count). The first-order valence-electron chi connectivity index (χ1n) is 7.91. The van der Waals surface area contributed by atoms with Crippen molar-refractivity contribution in [2.75, 3.05) is 11.9 Å². The topological polar surface area (TPSA) is 66.9 Å². The maximum atomic E-state index is 12.1. The highest BCUT2D eigenvalue weighted by Gasteiger charge is 2.09. The summed E-state index contributed by atoms with van der Waals surface area (Å²) in [7, 11) is 0. The van der Waals surface area contributed by atoms with Crippen LogP contribution in [0.15, 0.2) is 30.5 Å². The zero-order valence-corrected chi connectivity index (χ0v) is 14.2. The molecule has 0 saturated carbocycles. The van der Waals surface area contributed by atoms with Gasteiger partial charge in [0.25, 0.3) is 5.91 Å². The third-order valence-electron chi connectivity index (χ3n) is 3.54. The highest BCUT2D eigenvalue weighted by molar-refractivity contribution is 5.92. The molecule has 1 amide bonds. The van der Waals surface area contributed by atoms with E-state index < -0.39 is 0 Å². The van der Waals surface area contributed by atoms with Crippen LogP contribution in [0.2, 0.25) is 0 Å². The zero-order valence-electron chi connectivity index (χ0n) is 14.2. The lowest BCUT2D eigenvalue weighted by Crippen LogP contribution is -2.26. The van der Waals surface area contributed by atoms with Gasteiger partial charge in [-0.25, -0.2) is 9.97 Å². The fourth-order valence-corrected chi connectivity index (χ4v) is 2.10. The molecule has 0 spiro atoms. The third kappa shape index (κ3) is 5.06. The maximum absolute atomic E-state index is 12.1. The largest absolute Gasteiger partial charge is 0.351 e. The van der Waals surface area contributed by atoms with Gasteiger partial charge in [-0.3, -0.25) is 4.79 Å². The normalized spacial score (nSPS) is 10.7. The van der Waals surface area contributed by atoms with E-state index in [1.807, 2.05) is 26.0 Å². The molecular formula is C18H24N4O. The van der Waals surface area contributed by atoms with E-state index in [9.17, 15) is 4.79 Å². The number of benzene rings is 1. The van der Waals surface area contributed by atoms with Gasteiger partial charge >= 0.3 is 0 Å². The molecule has 1 aromatic carbocycles. The van der Waals surface area contributed by atoms with Gasteiger partial charge in [0.05, 0.1) is 0 Å². The van der Waals surface area contributed by atoms with Crippen LogP contribution in [-0.4, -0.2) is 22.4 Å². The first-order valence-corrected chi connectivity index (χ1v) is 7.91. The predicted octanol–water partition coefficient (Wildman–Crippen LogP) is 3.61. The number of nitrogens with zero attached hydrogens (tertiary/aromatic N) is 2. The molecule has 0 bridgehead atoms. The Morgan fingerprint density at radius 2 is 2.00 bits per heavy atom. The summed E-state index contributed by atoms with van der Waals surface area (Å²) >= 11 is 0. The molecule has 2 N–H and O–H groups in total. The summed E-state index contributed by atoms with van der Waals surface area (Å²) in [6.07, 6.45) is 2.54. The Kier molecular flexibility index (Phi) is 5.68. The molecule has 5 nitrogen and oxygen atoms in total. The van der Waals surface area contributed by atoms with E-state index in [0.29, 0.717) is 24.1 Å². The van der Waals surface area contributed by atoms with E-state index in [2.05, 4.69) is 40.5 Å². The van der Waals surface area contributed by atoms with Crippen molar-refractivity contribution in [2.45, 2.75) is 34.1 Å². The summed E-state index contributed by atoms with van der Waals surface area (Å²) in [4.78, 5) is 20.6. The molecule has 0 unspecified atom stereocenters. The number of amides is 1. The molecule has 0 aliphatic carbocycles. The number of carbonyl (C=O) groups excluding carboxylic acids is 1. The van der Waals surface area contributed by atoms with Gasteiger partial charge < -0.3 is 10.6 Å². The molecule has 0 aliphatic heterocycles. The molecule has 0 radical (unpaired) electrons. The second kappa shape index (κ2) is 7.72. The van der Waals surface area contributed by atoms with Gasteiger partial charge in [0, 0.05) is 18.4 Å². The van der Waals surface area contributed by atoms with Gasteiger partial charge in [-0.1, -0.05) is 26.0 Å². The lowest BCUT2D eigenvalue weighted by Gasteiger charge is -2.10. The fraction of sp³-hybridized carbons (Fsp3) is 0.389. The van der Waals surface area contributed by atoms with Crippen molar-refractivity contribution in [1.82, 2.24) is 15.3 Å². The van der Waals surface area contributed by atoms with E-state index >= 15 is 0 Å². The van der Waals surface area contributed by atoms with Crippen LogP contribution in [0, 0.1) is 19.8 Å². The van der Waals surface area contributed by atoms with Crippen LogP contribution < -0.4 is 10.6 Å². The van der Waals surface area contributed by atoms with Crippen LogP contribution in [0.4, 0.5) is 11.6 Å². The minimum atomic E-state index is -0.169. The highest BCUT2D eigenvalue weighted by Crippen LogP contribution is 2.19. The zero-order chi connectivity index (χ0) is 16.8. The van der Waals surface area contributed by atoms with Crippen molar-refractivity contribution in [3.05, 3.63) is 47.3 Å². The molecule has 0 saturated heterocycles. The van der Waals surface area contributed by atoms with Crippen LogP contribution in [0.5, 0.6) is 0 Å². The molecule has 23 heavy (non-hydrogen) atoms. The predicted molar refractivity (Wildman–Crippen MR) is 93.0 cm³/mol. The van der Waals surface area contributed by atoms with Crippen LogP contribution in [-0.2, 0) is 0 Å². The molecule has 2 aromatic rings. The number of aryl methyl sites for hydroxylation is 2. The monoisotopic (exact) mass is 312 g/mol. The molecular weight excluding hydrogens is 288 g/mol. The molecule has 1 aromatic heterocycles. The van der Waals surface area contributed by atoms with Crippen molar-refractivity contribution in [3.63, 3.8) is 0 Å². The molecule has 122 valence electrons. The number of aromatic nitrogens is 2. The standard InChI is InChI=1S/C18H24N4O/c1-12(2)7-9-19-17(23)15-8-10-20-18(21-15)22-16-11-13(3)5-6-14(16)4/h5-6,8,10-12H,7,9H2,1-4H3,(H,19,23)(H,20,21,22). The Morgan fingerprint density at radius 1 is 1.22 bits per heavy atom. The second-order valence-electron chi connectivity index (χ2n) is 6.15. The fourth-order valence-electron chi connectivity index (χ4n) is 2.10. The van der Waals surface area contributed by atoms with Gasteiger partial charge in [-0.05, 0) is 49.4 Å². The van der Waals surface area contributed by atoms with Crippen LogP contribution in [0.25, 0.3) is 0 Å². The summed E-state index contributed by atoms with van der Waals surface area (Å²) in [5.41, 5.74) is 3.57. The van der Waals surface area contributed by atoms with E-state index in [1.165, 1.54) is 0 Å². The lowest BCUT2D eigenvalue weighted by molar-refractivity contribution is 0.0947. The lowest BCUT2D eigenvalue weighted by atomic mass is 10.1. The number of hydrogen-bond acceptors (Lipinski definition) is 4. The molecule has 0 aliphatic rings. The maximum Gasteiger partial charge on any atom is 0.270 e. The Balaban J connectivity index is 2.07. The minimum Gasteiger partial charge on any atom is -0.351 e. The van der Waals surface area contributed by atoms with Gasteiger partial charge in [-0.15, -0.1) is 0 Å². The van der Waals surface area contributed by atoms with E-state index in [1.54, 1.807) is 12.3 Å². The molecule has 5 heteroatoms. The summed E-state index contributed by atoms with van der Waals surface area (Å²) in [6, 6.07) is 7.76. The number of carbonyl (C=O) groups is 1. The van der Waals surface area contributed by atoms with E-state index in [0.717, 1.165) is 23.2 Å². The molecule has 1 heterocycles. The van der Waals surface area contributed by atoms with Crippen molar-refractivity contribution < 1.29 is 4.79 Å². The summed E-state index contributed by atoms with van der Waals surface area (Å²) in [5.74, 6) is 0.814. The van der Waals surface area contributed by atoms with E-state index in [4.69, 9.17) is 0 Å². The molecule has 0 fully saturated rings. The smallest absolute Gasteiger partial charge is 0.270 e. The van der Waals surface area contributed by atoms with Gasteiger partial charge in [0.1, 0.15) is 5.69 Å². The summed E-state index contributed by atoms with van der Waals surface area (Å²) in [6.45, 7) is 8.96. The van der Waals surface area contributed by atoms with Gasteiger partial charge in [-0.2, -0.15) is 0 Å². The average molecular weight is 312 g/mol. The summed E-state index contributed by atoms with van der Waals surface area (Å²) in [5, 5.41) is 6.07. The summed E-state index contributed by atoms with van der Waals surface area (Å²) < 4.78 is 0. The quantitative estimate of drug-likeness (QED) is 0.855. The van der Waals surface area contributed by atoms with Crippen molar-refractivity contribution in [1.29, 1.82) is 0 Å². The van der Waals surface area contributed by atoms with Gasteiger partial charge in [0.15, 0.2) is 0 Å². The van der Waals surface area contributed by atoms with Crippen LogP contribution >= 0.6 is 0 Å². The SMILES string of the molecule is Cc1ccc(C)c(Nc2nccc(C(=O)NCCC(C)C)n2)c1. The van der Waals surface area contributed by atoms with E-state index in [-0.39, 0.29) is 5.91 Å². The number of hydrogen-bond donors (Lipinski definition) is 2. The minimum absolute atomic E-state index is 0.169. The average Bonchev–Trinajstić information content (AvgIpc) is 2.51. The first-order chi connectivity index (χ1) is 11.0. The highest BCUT2D eigenvalue weighted by atomic mass is 16.1. The first kappa shape index (κ1) is 16.9. The Hall–Kier alpha value is -2.43. The number of anilines is 2. The Morgan fingerprint density at radius 3 is 2.74 bits per heavy atom. The van der Waals surface area contributed by atoms with Crippen molar-refractivity contribution in [2.24, 2.45) is 5.92 Å². The Labute approximate surface area is 137 Å². The van der Waals surface area contributed by atoms with Gasteiger partial charge in [0.2, 0.25) is 5.95 Å². The van der Waals surface area contributed by atoms with Crippen molar-refractivity contribution in [3.8, 4) is 0 Å². The van der Waals surface area contributed by atoms with Crippen LogP contribution in [0.3, 0.4) is 0 Å². The van der Waals surface area contributed by atoms with Crippen molar-refractivity contribution >= 4 is 17.5 Å². The molecule has 0 atom stereocenters. The van der Waals surface area contributed by atoms with Crippen LogP contribution in [0.1, 0.15) is 41.9 Å². The Bertz CT molecular complexity index is 682. The number of rotatable bonds is 6.